The monoisotopic (exact) mass is 347 g/mol. The molecule has 0 aliphatic heterocycles. The van der Waals surface area contributed by atoms with Crippen molar-refractivity contribution in [3.63, 3.8) is 0 Å². The van der Waals surface area contributed by atoms with Crippen molar-refractivity contribution in [2.45, 2.75) is 39.1 Å². The maximum atomic E-state index is 13.1. The van der Waals surface area contributed by atoms with Crippen LogP contribution in [-0.4, -0.2) is 25.9 Å². The van der Waals surface area contributed by atoms with Crippen LogP contribution in [0, 0.1) is 13.8 Å². The zero-order valence-electron chi connectivity index (χ0n) is 14.7. The van der Waals surface area contributed by atoms with Gasteiger partial charge in [0.05, 0.1) is 11.5 Å². The number of hydrogen-bond acceptors (Lipinski definition) is 3. The maximum Gasteiger partial charge on any atom is 0.243 e. The van der Waals surface area contributed by atoms with Crippen molar-refractivity contribution in [3.8, 4) is 5.75 Å². The Hall–Kier alpha value is -1.85. The lowest BCUT2D eigenvalue weighted by molar-refractivity contribution is 0.336. The lowest BCUT2D eigenvalue weighted by Crippen LogP contribution is -2.31. The molecular formula is C19H25NO3S. The molecule has 0 aromatic heterocycles. The van der Waals surface area contributed by atoms with Crippen LogP contribution in [0.5, 0.6) is 5.75 Å². The van der Waals surface area contributed by atoms with E-state index >= 15 is 0 Å². The number of aryl methyl sites for hydroxylation is 2. The molecule has 0 radical (unpaired) electrons. The molecule has 0 unspecified atom stereocenters. The average Bonchev–Trinajstić information content (AvgIpc) is 2.55. The molecule has 2 aromatic rings. The van der Waals surface area contributed by atoms with Gasteiger partial charge in [0.1, 0.15) is 5.75 Å². The number of benzene rings is 2. The van der Waals surface area contributed by atoms with Crippen molar-refractivity contribution in [1.29, 1.82) is 0 Å². The van der Waals surface area contributed by atoms with Crippen LogP contribution in [0.3, 0.4) is 0 Å². The molecule has 5 heteroatoms. The maximum absolute atomic E-state index is 13.1. The molecule has 2 aromatic carbocycles. The van der Waals surface area contributed by atoms with E-state index < -0.39 is 10.0 Å². The number of rotatable bonds is 7. The van der Waals surface area contributed by atoms with Crippen molar-refractivity contribution < 1.29 is 13.2 Å². The SMILES string of the molecule is CCOc1cc(S(=O)(=O)N(CC)Cc2ccccc2)c(C)cc1C. The lowest BCUT2D eigenvalue weighted by Gasteiger charge is -2.22. The Bertz CT molecular complexity index is 786. The lowest BCUT2D eigenvalue weighted by atomic mass is 10.1. The van der Waals surface area contributed by atoms with E-state index in [1.807, 2.05) is 64.1 Å². The fraction of sp³-hybridized carbons (Fsp3) is 0.368. The van der Waals surface area contributed by atoms with Crippen molar-refractivity contribution in [2.24, 2.45) is 0 Å². The third kappa shape index (κ3) is 3.97. The second-order valence-electron chi connectivity index (χ2n) is 5.73. The molecule has 0 spiro atoms. The van der Waals surface area contributed by atoms with Crippen molar-refractivity contribution >= 4 is 10.0 Å². The Kier molecular flexibility index (Phi) is 6.02. The molecule has 0 fully saturated rings. The summed E-state index contributed by atoms with van der Waals surface area (Å²) in [6.07, 6.45) is 0. The van der Waals surface area contributed by atoms with E-state index in [4.69, 9.17) is 4.74 Å². The molecule has 0 atom stereocenters. The molecule has 0 bridgehead atoms. The van der Waals surface area contributed by atoms with Gasteiger partial charge in [0.2, 0.25) is 10.0 Å². The predicted octanol–water partition coefficient (Wildman–Crippen LogP) is 3.91. The second kappa shape index (κ2) is 7.81. The fourth-order valence-corrected chi connectivity index (χ4v) is 4.35. The summed E-state index contributed by atoms with van der Waals surface area (Å²) in [5, 5.41) is 0. The smallest absolute Gasteiger partial charge is 0.243 e. The van der Waals surface area contributed by atoms with Crippen LogP contribution in [0.25, 0.3) is 0 Å². The van der Waals surface area contributed by atoms with Gasteiger partial charge in [-0.25, -0.2) is 8.42 Å². The van der Waals surface area contributed by atoms with Gasteiger partial charge < -0.3 is 4.74 Å². The predicted molar refractivity (Wildman–Crippen MR) is 96.8 cm³/mol. The molecule has 130 valence electrons. The second-order valence-corrected chi connectivity index (χ2v) is 7.64. The van der Waals surface area contributed by atoms with Crippen LogP contribution in [-0.2, 0) is 16.6 Å². The minimum Gasteiger partial charge on any atom is -0.494 e. The molecule has 24 heavy (non-hydrogen) atoms. The first-order chi connectivity index (χ1) is 11.4. The minimum absolute atomic E-state index is 0.314. The van der Waals surface area contributed by atoms with Crippen LogP contribution in [0.2, 0.25) is 0 Å². The van der Waals surface area contributed by atoms with Gasteiger partial charge in [-0.3, -0.25) is 0 Å². The molecule has 0 saturated heterocycles. The fourth-order valence-electron chi connectivity index (χ4n) is 2.70. The summed E-state index contributed by atoms with van der Waals surface area (Å²) >= 11 is 0. The van der Waals surface area contributed by atoms with Crippen LogP contribution >= 0.6 is 0 Å². The van der Waals surface area contributed by atoms with Gasteiger partial charge in [-0.1, -0.05) is 43.3 Å². The summed E-state index contributed by atoms with van der Waals surface area (Å²) in [4.78, 5) is 0.314. The summed E-state index contributed by atoms with van der Waals surface area (Å²) in [7, 11) is -3.58. The highest BCUT2D eigenvalue weighted by Crippen LogP contribution is 2.29. The van der Waals surface area contributed by atoms with E-state index in [1.165, 1.54) is 4.31 Å². The van der Waals surface area contributed by atoms with E-state index in [-0.39, 0.29) is 0 Å². The third-order valence-corrected chi connectivity index (χ3v) is 6.01. The van der Waals surface area contributed by atoms with E-state index in [0.29, 0.717) is 30.3 Å². The summed E-state index contributed by atoms with van der Waals surface area (Å²) in [5.74, 6) is 0.623. The number of ether oxygens (including phenoxy) is 1. The number of hydrogen-bond donors (Lipinski definition) is 0. The van der Waals surface area contributed by atoms with Crippen molar-refractivity contribution in [1.82, 2.24) is 4.31 Å². The van der Waals surface area contributed by atoms with Crippen molar-refractivity contribution in [3.05, 3.63) is 59.2 Å². The zero-order chi connectivity index (χ0) is 17.7. The van der Waals surface area contributed by atoms with Gasteiger partial charge in [-0.15, -0.1) is 0 Å². The highest BCUT2D eigenvalue weighted by Gasteiger charge is 2.26. The molecule has 0 aliphatic carbocycles. The molecule has 2 rings (SSSR count). The van der Waals surface area contributed by atoms with Gasteiger partial charge in [-0.2, -0.15) is 4.31 Å². The first-order valence-electron chi connectivity index (χ1n) is 8.18. The van der Waals surface area contributed by atoms with Crippen LogP contribution in [0.4, 0.5) is 0 Å². The Morgan fingerprint density at radius 2 is 1.67 bits per heavy atom. The minimum atomic E-state index is -3.58. The molecule has 0 aliphatic rings. The van der Waals surface area contributed by atoms with Gasteiger partial charge in [0.15, 0.2) is 0 Å². The first-order valence-corrected chi connectivity index (χ1v) is 9.62. The first kappa shape index (κ1) is 18.5. The molecule has 0 amide bonds. The van der Waals surface area contributed by atoms with Crippen LogP contribution in [0.1, 0.15) is 30.5 Å². The Balaban J connectivity index is 2.42. The topological polar surface area (TPSA) is 46.6 Å². The zero-order valence-corrected chi connectivity index (χ0v) is 15.6. The van der Waals surface area contributed by atoms with E-state index in [2.05, 4.69) is 0 Å². The Morgan fingerprint density at radius 3 is 2.25 bits per heavy atom. The van der Waals surface area contributed by atoms with Gasteiger partial charge in [-0.05, 0) is 37.5 Å². The Labute approximate surface area is 145 Å². The number of nitrogens with zero attached hydrogens (tertiary/aromatic N) is 1. The van der Waals surface area contributed by atoms with Crippen LogP contribution in [0.15, 0.2) is 47.4 Å². The van der Waals surface area contributed by atoms with Crippen molar-refractivity contribution in [2.75, 3.05) is 13.2 Å². The van der Waals surface area contributed by atoms with Gasteiger partial charge >= 0.3 is 0 Å². The summed E-state index contributed by atoms with van der Waals surface area (Å²) < 4.78 is 33.3. The average molecular weight is 347 g/mol. The van der Waals surface area contributed by atoms with Crippen LogP contribution < -0.4 is 4.74 Å². The summed E-state index contributed by atoms with van der Waals surface area (Å²) in [6, 6.07) is 13.1. The highest BCUT2D eigenvalue weighted by molar-refractivity contribution is 7.89. The van der Waals surface area contributed by atoms with Gasteiger partial charge in [0, 0.05) is 19.2 Å². The molecule has 0 saturated carbocycles. The molecule has 0 N–H and O–H groups in total. The van der Waals surface area contributed by atoms with E-state index in [0.717, 1.165) is 16.7 Å². The normalized spacial score (nSPS) is 11.7. The quantitative estimate of drug-likeness (QED) is 0.763. The molecule has 4 nitrogen and oxygen atoms in total. The summed E-state index contributed by atoms with van der Waals surface area (Å²) in [6.45, 7) is 8.77. The third-order valence-electron chi connectivity index (χ3n) is 3.94. The Morgan fingerprint density at radius 1 is 1.00 bits per heavy atom. The highest BCUT2D eigenvalue weighted by atomic mass is 32.2. The largest absolute Gasteiger partial charge is 0.494 e. The van der Waals surface area contributed by atoms with E-state index in [1.54, 1.807) is 6.07 Å². The van der Waals surface area contributed by atoms with E-state index in [9.17, 15) is 8.42 Å². The molecular weight excluding hydrogens is 322 g/mol. The van der Waals surface area contributed by atoms with Gasteiger partial charge in [0.25, 0.3) is 0 Å². The number of sulfonamides is 1. The molecule has 0 heterocycles. The standard InChI is InChI=1S/C19H25NO3S/c1-5-20(14-17-10-8-7-9-11-17)24(21,22)19-13-18(23-6-2)15(3)12-16(19)4/h7-13H,5-6,14H2,1-4H3. The summed E-state index contributed by atoms with van der Waals surface area (Å²) in [5.41, 5.74) is 2.65.